The van der Waals surface area contributed by atoms with E-state index in [2.05, 4.69) is 14.8 Å². The lowest BCUT2D eigenvalue weighted by Gasteiger charge is -2.01. The minimum Gasteiger partial charge on any atom is -0.465 e. The van der Waals surface area contributed by atoms with Gasteiger partial charge in [-0.05, 0) is 30.5 Å². The summed E-state index contributed by atoms with van der Waals surface area (Å²) in [6.45, 7) is 1.87. The summed E-state index contributed by atoms with van der Waals surface area (Å²) in [6.07, 6.45) is 1.59. The molecule has 6 heteroatoms. The van der Waals surface area contributed by atoms with Gasteiger partial charge >= 0.3 is 5.97 Å². The van der Waals surface area contributed by atoms with Crippen LogP contribution in [0.4, 0.5) is 0 Å². The Morgan fingerprint density at radius 2 is 2.44 bits per heavy atom. The number of esters is 1. The van der Waals surface area contributed by atoms with Gasteiger partial charge in [0.2, 0.25) is 0 Å². The van der Waals surface area contributed by atoms with Gasteiger partial charge in [-0.3, -0.25) is 0 Å². The predicted molar refractivity (Wildman–Crippen MR) is 62.6 cm³/mol. The third-order valence-corrected chi connectivity index (χ3v) is 3.23. The molecule has 86 valence electrons. The van der Waals surface area contributed by atoms with Crippen LogP contribution in [0.5, 0.6) is 0 Å². The van der Waals surface area contributed by atoms with Crippen LogP contribution in [-0.2, 0) is 11.2 Å². The van der Waals surface area contributed by atoms with Crippen LogP contribution in [0.2, 0.25) is 0 Å². The first kappa shape index (κ1) is 12.5. The molecule has 0 saturated heterocycles. The van der Waals surface area contributed by atoms with Crippen LogP contribution >= 0.6 is 11.3 Å². The van der Waals surface area contributed by atoms with Gasteiger partial charge in [0.05, 0.1) is 7.11 Å². The number of azide groups is 1. The Balaban J connectivity index is 2.52. The molecule has 0 saturated carbocycles. The zero-order valence-electron chi connectivity index (χ0n) is 9.21. The summed E-state index contributed by atoms with van der Waals surface area (Å²) in [5, 5.41) is 3.59. The van der Waals surface area contributed by atoms with Gasteiger partial charge in [-0.15, -0.1) is 11.3 Å². The fourth-order valence-corrected chi connectivity index (χ4v) is 2.16. The Kier molecular flexibility index (Phi) is 4.82. The van der Waals surface area contributed by atoms with Crippen molar-refractivity contribution in [1.82, 2.24) is 0 Å². The number of carbonyl (C=O) groups excluding carboxylic acids is 1. The van der Waals surface area contributed by atoms with E-state index < -0.39 is 0 Å². The van der Waals surface area contributed by atoms with E-state index in [0.717, 1.165) is 17.7 Å². The van der Waals surface area contributed by atoms with E-state index in [1.807, 2.05) is 13.0 Å². The first-order valence-corrected chi connectivity index (χ1v) is 5.70. The third-order valence-electron chi connectivity index (χ3n) is 2.11. The lowest BCUT2D eigenvalue weighted by molar-refractivity contribution is 0.0606. The lowest BCUT2D eigenvalue weighted by atomic mass is 10.2. The van der Waals surface area contributed by atoms with E-state index in [1.54, 1.807) is 6.07 Å². The van der Waals surface area contributed by atoms with Crippen molar-refractivity contribution in [2.45, 2.75) is 25.8 Å². The highest BCUT2D eigenvalue weighted by molar-refractivity contribution is 7.13. The van der Waals surface area contributed by atoms with Crippen molar-refractivity contribution >= 4 is 17.3 Å². The molecule has 1 aromatic rings. The predicted octanol–water partition coefficient (Wildman–Crippen LogP) is 3.17. The van der Waals surface area contributed by atoms with E-state index in [-0.39, 0.29) is 12.0 Å². The highest BCUT2D eigenvalue weighted by Gasteiger charge is 2.09. The van der Waals surface area contributed by atoms with E-state index in [1.165, 1.54) is 18.4 Å². The molecule has 0 aliphatic rings. The summed E-state index contributed by atoms with van der Waals surface area (Å²) in [5.74, 6) is -0.306. The second kappa shape index (κ2) is 6.15. The average Bonchev–Trinajstić information content (AvgIpc) is 2.74. The molecule has 0 radical (unpaired) electrons. The van der Waals surface area contributed by atoms with Gasteiger partial charge in [0.15, 0.2) is 0 Å². The number of thiophene rings is 1. The summed E-state index contributed by atoms with van der Waals surface area (Å²) in [7, 11) is 1.37. The average molecular weight is 239 g/mol. The molecule has 1 atom stereocenters. The number of carbonyl (C=O) groups is 1. The fourth-order valence-electron chi connectivity index (χ4n) is 1.22. The third kappa shape index (κ3) is 3.56. The molecule has 0 bridgehead atoms. The maximum atomic E-state index is 11.2. The highest BCUT2D eigenvalue weighted by Crippen LogP contribution is 2.19. The van der Waals surface area contributed by atoms with Crippen molar-refractivity contribution in [2.75, 3.05) is 7.11 Å². The van der Waals surface area contributed by atoms with E-state index >= 15 is 0 Å². The molecule has 0 amide bonds. The molecule has 0 aliphatic heterocycles. The molecule has 5 nitrogen and oxygen atoms in total. The van der Waals surface area contributed by atoms with Crippen LogP contribution in [0.25, 0.3) is 10.4 Å². The molecular formula is C10H13N3O2S. The highest BCUT2D eigenvalue weighted by atomic mass is 32.1. The van der Waals surface area contributed by atoms with Crippen molar-refractivity contribution in [3.63, 3.8) is 0 Å². The van der Waals surface area contributed by atoms with Gasteiger partial charge in [0.1, 0.15) is 4.88 Å². The minimum absolute atomic E-state index is 0.0197. The topological polar surface area (TPSA) is 75.1 Å². The Labute approximate surface area is 97.7 Å². The molecule has 0 spiro atoms. The molecule has 1 rings (SSSR count). The first-order valence-electron chi connectivity index (χ1n) is 4.88. The van der Waals surface area contributed by atoms with Crippen molar-refractivity contribution in [3.05, 3.63) is 32.3 Å². The number of methoxy groups -OCH3 is 1. The van der Waals surface area contributed by atoms with Crippen molar-refractivity contribution in [2.24, 2.45) is 5.11 Å². The Morgan fingerprint density at radius 3 is 3.06 bits per heavy atom. The summed E-state index contributed by atoms with van der Waals surface area (Å²) in [6, 6.07) is 3.64. The van der Waals surface area contributed by atoms with E-state index in [9.17, 15) is 4.79 Å². The number of ether oxygens (including phenoxy) is 1. The second-order valence-corrected chi connectivity index (χ2v) is 4.52. The maximum Gasteiger partial charge on any atom is 0.348 e. The summed E-state index contributed by atoms with van der Waals surface area (Å²) >= 11 is 1.42. The Morgan fingerprint density at radius 1 is 1.69 bits per heavy atom. The van der Waals surface area contributed by atoms with Gasteiger partial charge in [0.25, 0.3) is 0 Å². The molecule has 0 fully saturated rings. The molecule has 0 aromatic carbocycles. The Hall–Kier alpha value is -1.52. The van der Waals surface area contributed by atoms with E-state index in [0.29, 0.717) is 4.88 Å². The molecule has 1 unspecified atom stereocenters. The lowest BCUT2D eigenvalue weighted by Crippen LogP contribution is -1.98. The minimum atomic E-state index is -0.306. The van der Waals surface area contributed by atoms with Gasteiger partial charge in [0, 0.05) is 15.8 Å². The molecule has 1 heterocycles. The molecule has 0 aliphatic carbocycles. The quantitative estimate of drug-likeness (QED) is 0.342. The van der Waals surface area contributed by atoms with Crippen LogP contribution in [0.15, 0.2) is 17.2 Å². The van der Waals surface area contributed by atoms with Gasteiger partial charge < -0.3 is 4.74 Å². The van der Waals surface area contributed by atoms with Gasteiger partial charge in [-0.2, -0.15) is 0 Å². The largest absolute Gasteiger partial charge is 0.465 e. The molecule has 1 aromatic heterocycles. The monoisotopic (exact) mass is 239 g/mol. The van der Waals surface area contributed by atoms with E-state index in [4.69, 9.17) is 5.53 Å². The normalized spacial score (nSPS) is 11.6. The zero-order valence-corrected chi connectivity index (χ0v) is 10.0. The van der Waals surface area contributed by atoms with Crippen molar-refractivity contribution in [3.8, 4) is 0 Å². The number of rotatable bonds is 5. The first-order chi connectivity index (χ1) is 7.67. The van der Waals surface area contributed by atoms with Crippen LogP contribution in [0, 0.1) is 0 Å². The maximum absolute atomic E-state index is 11.2. The SMILES string of the molecule is COC(=O)c1ccc(CCC(C)N=[N+]=[N-])s1. The van der Waals surface area contributed by atoms with Crippen LogP contribution in [-0.4, -0.2) is 19.1 Å². The second-order valence-electron chi connectivity index (χ2n) is 3.35. The summed E-state index contributed by atoms with van der Waals surface area (Å²) < 4.78 is 4.62. The van der Waals surface area contributed by atoms with Crippen LogP contribution in [0.1, 0.15) is 27.9 Å². The van der Waals surface area contributed by atoms with Gasteiger partial charge in [-0.1, -0.05) is 12.0 Å². The molecular weight excluding hydrogens is 226 g/mol. The zero-order chi connectivity index (χ0) is 12.0. The standard InChI is InChI=1S/C10H13N3O2S/c1-7(12-13-11)3-4-8-5-6-9(16-8)10(14)15-2/h5-7H,3-4H2,1-2H3. The molecule has 16 heavy (non-hydrogen) atoms. The van der Waals surface area contributed by atoms with Crippen LogP contribution < -0.4 is 0 Å². The van der Waals surface area contributed by atoms with Crippen molar-refractivity contribution in [1.29, 1.82) is 0 Å². The Bertz CT molecular complexity index is 410. The smallest absolute Gasteiger partial charge is 0.348 e. The van der Waals surface area contributed by atoms with Crippen molar-refractivity contribution < 1.29 is 9.53 Å². The number of hydrogen-bond donors (Lipinski definition) is 0. The van der Waals surface area contributed by atoms with Gasteiger partial charge in [-0.25, -0.2) is 4.79 Å². The number of hydrogen-bond acceptors (Lipinski definition) is 4. The summed E-state index contributed by atoms with van der Waals surface area (Å²) in [4.78, 5) is 15.6. The van der Waals surface area contributed by atoms with Crippen LogP contribution in [0.3, 0.4) is 0 Å². The molecule has 0 N–H and O–H groups in total. The number of nitrogens with zero attached hydrogens (tertiary/aromatic N) is 3. The number of aryl methyl sites for hydroxylation is 1. The fraction of sp³-hybridized carbons (Fsp3) is 0.500. The summed E-state index contributed by atoms with van der Waals surface area (Å²) in [5.41, 5.74) is 8.24.